The maximum absolute atomic E-state index is 15.4. The SMILES string of the molecule is Fc1c(F)c(F)c([B-](c2c(F)c(F)c(F)c(F)c2F)(c2c(F)c(F)c(F)c(F)c2F)c2c(F)c(F)c(F)c(F)c2F)c(F)c1F.O=C(Oc1c2ccccc2cc2ccccc12)c1c2ccccc2cc[n+]1Cc1ccccc1. The molecule has 24 heteroatoms. The Morgan fingerprint density at radius 3 is 0.987 bits per heavy atom. The van der Waals surface area contributed by atoms with Crippen molar-refractivity contribution in [3.63, 3.8) is 0 Å². The Labute approximate surface area is 428 Å². The number of pyridine rings is 1. The topological polar surface area (TPSA) is 30.2 Å². The van der Waals surface area contributed by atoms with Crippen LogP contribution in [0.5, 0.6) is 5.75 Å². The fourth-order valence-electron chi connectivity index (χ4n) is 9.49. The molecule has 0 aliphatic rings. The van der Waals surface area contributed by atoms with E-state index in [1.807, 2.05) is 108 Å². The molecule has 0 saturated carbocycles. The summed E-state index contributed by atoms with van der Waals surface area (Å²) in [5.74, 6) is -71.2. The van der Waals surface area contributed by atoms with Crippen LogP contribution in [0.3, 0.4) is 0 Å². The van der Waals surface area contributed by atoms with Gasteiger partial charge < -0.3 is 4.74 Å². The van der Waals surface area contributed by atoms with Crippen LogP contribution in [0.15, 0.2) is 121 Å². The predicted molar refractivity (Wildman–Crippen MR) is 245 cm³/mol. The third-order valence-electron chi connectivity index (χ3n) is 12.9. The number of hydrogen-bond donors (Lipinski definition) is 0. The zero-order valence-electron chi connectivity index (χ0n) is 38.7. The van der Waals surface area contributed by atoms with E-state index in [0.29, 0.717) is 18.0 Å². The minimum absolute atomic E-state index is 0.366. The summed E-state index contributed by atoms with van der Waals surface area (Å²) < 4.78 is 302. The van der Waals surface area contributed by atoms with Gasteiger partial charge in [0.2, 0.25) is 0 Å². The zero-order valence-corrected chi connectivity index (χ0v) is 38.7. The Hall–Kier alpha value is -8.96. The summed E-state index contributed by atoms with van der Waals surface area (Å²) in [6, 6.07) is 38.3. The highest BCUT2D eigenvalue weighted by molar-refractivity contribution is 7.20. The van der Waals surface area contributed by atoms with Crippen molar-refractivity contribution in [1.82, 2.24) is 0 Å². The lowest BCUT2D eigenvalue weighted by atomic mass is 9.12. The first-order valence-corrected chi connectivity index (χ1v) is 22.3. The summed E-state index contributed by atoms with van der Waals surface area (Å²) in [6.07, 6.45) is -5.25. The van der Waals surface area contributed by atoms with Gasteiger partial charge in [-0.1, -0.05) is 97.1 Å². The number of carbonyl (C=O) groups excluding carboxylic acids is 1. The van der Waals surface area contributed by atoms with Crippen molar-refractivity contribution in [2.75, 3.05) is 0 Å². The van der Waals surface area contributed by atoms with E-state index >= 15 is 35.1 Å². The summed E-state index contributed by atoms with van der Waals surface area (Å²) in [5, 5.41) is 5.80. The molecule has 10 aromatic rings. The number of esters is 1. The van der Waals surface area contributed by atoms with E-state index in [4.69, 9.17) is 4.74 Å². The lowest BCUT2D eigenvalue weighted by molar-refractivity contribution is -0.689. The molecule has 0 bridgehead atoms. The van der Waals surface area contributed by atoms with Crippen molar-refractivity contribution in [3.8, 4) is 5.75 Å². The van der Waals surface area contributed by atoms with Gasteiger partial charge in [-0.05, 0) is 28.3 Å². The summed E-state index contributed by atoms with van der Waals surface area (Å²) in [5.41, 5.74) is -12.7. The Morgan fingerprint density at radius 2 is 0.633 bits per heavy atom. The van der Waals surface area contributed by atoms with Gasteiger partial charge in [0, 0.05) is 22.4 Å². The van der Waals surface area contributed by atoms with Crippen molar-refractivity contribution >= 4 is 66.3 Å². The third-order valence-corrected chi connectivity index (χ3v) is 12.9. The number of ether oxygens (including phenoxy) is 1. The number of carbonyl (C=O) groups is 1. The number of nitrogens with zero attached hydrogens (tertiary/aromatic N) is 1. The molecule has 79 heavy (non-hydrogen) atoms. The second-order valence-corrected chi connectivity index (χ2v) is 17.2. The molecular weight excluding hydrogens is 1100 g/mol. The Morgan fingerprint density at radius 1 is 0.342 bits per heavy atom. The van der Waals surface area contributed by atoms with Crippen molar-refractivity contribution in [3.05, 3.63) is 249 Å². The van der Waals surface area contributed by atoms with Gasteiger partial charge in [-0.25, -0.2) is 92.6 Å². The van der Waals surface area contributed by atoms with Crippen LogP contribution in [0.2, 0.25) is 0 Å². The molecule has 0 amide bonds. The highest BCUT2D eigenvalue weighted by atomic mass is 19.2. The number of halogens is 20. The molecule has 0 spiro atoms. The van der Waals surface area contributed by atoms with Crippen molar-refractivity contribution < 1.29 is 102 Å². The predicted octanol–water partition coefficient (Wildman–Crippen LogP) is 12.5. The number of rotatable bonds is 8. The maximum Gasteiger partial charge on any atom is 0.409 e. The molecule has 1 aromatic heterocycles. The summed E-state index contributed by atoms with van der Waals surface area (Å²) in [6.45, 7) is 0.576. The van der Waals surface area contributed by atoms with E-state index in [2.05, 4.69) is 18.2 Å². The smallest absolute Gasteiger partial charge is 0.409 e. The van der Waals surface area contributed by atoms with Crippen LogP contribution in [-0.4, -0.2) is 12.1 Å². The van der Waals surface area contributed by atoms with E-state index in [9.17, 15) is 57.5 Å². The van der Waals surface area contributed by atoms with Gasteiger partial charge in [0.05, 0.1) is 5.39 Å². The van der Waals surface area contributed by atoms with E-state index in [-0.39, 0.29) is 5.97 Å². The molecule has 0 atom stereocenters. The average Bonchev–Trinajstić information content (AvgIpc) is 2.70. The standard InChI is InChI=1S/C31H22NO2.C24BF20/c33-31(34-30-27-16-8-5-13-24(27)20-25-14-6-9-17-28(25)30)29-26-15-7-4-12-23(26)18-19-32(29)21-22-10-2-1-3-11-22;26-5-1(6(27)14(35)21(42)13(5)34)25(2-7(28)15(36)22(43)16(37)8(2)29,3-9(30)17(38)23(44)18(39)10(3)31)4-11(32)19(40)24(45)20(41)12(4)33/h1-20H,21H2;/q+1;-1. The van der Waals surface area contributed by atoms with Gasteiger partial charge in [-0.2, -0.15) is 4.57 Å². The van der Waals surface area contributed by atoms with E-state index in [1.54, 1.807) is 0 Å². The largest absolute Gasteiger partial charge is 0.417 e. The molecule has 0 saturated heterocycles. The summed E-state index contributed by atoms with van der Waals surface area (Å²) >= 11 is 0. The minimum Gasteiger partial charge on any atom is -0.417 e. The average molecular weight is 1120 g/mol. The fourth-order valence-corrected chi connectivity index (χ4v) is 9.49. The minimum atomic E-state index is -7.22. The van der Waals surface area contributed by atoms with E-state index in [0.717, 1.165) is 37.9 Å². The first kappa shape index (κ1) is 54.8. The molecule has 0 fully saturated rings. The van der Waals surface area contributed by atoms with Gasteiger partial charge in [-0.15, -0.1) is 21.9 Å². The monoisotopic (exact) mass is 1120 g/mol. The summed E-state index contributed by atoms with van der Waals surface area (Å²) in [4.78, 5) is 13.9. The van der Waals surface area contributed by atoms with Crippen LogP contribution >= 0.6 is 0 Å². The number of hydrogen-bond acceptors (Lipinski definition) is 2. The second kappa shape index (κ2) is 20.8. The summed E-state index contributed by atoms with van der Waals surface area (Å²) in [7, 11) is 0. The van der Waals surface area contributed by atoms with Crippen molar-refractivity contribution in [2.24, 2.45) is 0 Å². The van der Waals surface area contributed by atoms with Gasteiger partial charge in [0.1, 0.15) is 58.4 Å². The Bertz CT molecular complexity index is 3750. The van der Waals surface area contributed by atoms with Crippen molar-refractivity contribution in [2.45, 2.75) is 6.54 Å². The normalized spacial score (nSPS) is 11.6. The lowest BCUT2D eigenvalue weighted by Gasteiger charge is -2.44. The molecule has 1 heterocycles. The van der Waals surface area contributed by atoms with Crippen LogP contribution in [0.4, 0.5) is 87.8 Å². The second-order valence-electron chi connectivity index (χ2n) is 17.2. The highest BCUT2D eigenvalue weighted by Gasteiger charge is 2.52. The van der Waals surface area contributed by atoms with Crippen LogP contribution in [0, 0.1) is 116 Å². The zero-order chi connectivity index (χ0) is 57.3. The van der Waals surface area contributed by atoms with Crippen molar-refractivity contribution in [1.29, 1.82) is 0 Å². The van der Waals surface area contributed by atoms with Crippen LogP contribution in [-0.2, 0) is 6.54 Å². The molecule has 9 aromatic carbocycles. The molecular formula is C55H22BF20NO2. The first-order chi connectivity index (χ1) is 37.5. The van der Waals surface area contributed by atoms with Gasteiger partial charge in [0.15, 0.2) is 82.5 Å². The lowest BCUT2D eigenvalue weighted by Crippen LogP contribution is -2.81. The molecule has 0 unspecified atom stereocenters. The van der Waals surface area contributed by atoms with E-state index < -0.39 is 144 Å². The third kappa shape index (κ3) is 8.68. The molecule has 0 N–H and O–H groups in total. The quantitative estimate of drug-likeness (QED) is 0.0222. The molecule has 0 radical (unpaired) electrons. The van der Waals surface area contributed by atoms with Crippen LogP contribution in [0.1, 0.15) is 16.1 Å². The number of benzene rings is 9. The van der Waals surface area contributed by atoms with Gasteiger partial charge in [-0.3, -0.25) is 0 Å². The van der Waals surface area contributed by atoms with Crippen LogP contribution < -0.4 is 31.2 Å². The molecule has 10 rings (SSSR count). The Kier molecular flexibility index (Phi) is 14.4. The van der Waals surface area contributed by atoms with Crippen LogP contribution in [0.25, 0.3) is 32.3 Å². The molecule has 0 aliphatic heterocycles. The van der Waals surface area contributed by atoms with E-state index in [1.165, 1.54) is 0 Å². The maximum atomic E-state index is 15.4. The molecule has 0 aliphatic carbocycles. The van der Waals surface area contributed by atoms with Gasteiger partial charge in [0.25, 0.3) is 5.69 Å². The fraction of sp³-hybridized carbons (Fsp3) is 0.0182. The number of fused-ring (bicyclic) bond motifs is 3. The Balaban J connectivity index is 0.000000198. The highest BCUT2D eigenvalue weighted by Crippen LogP contribution is 2.36. The molecule has 402 valence electrons. The number of aromatic nitrogens is 1. The first-order valence-electron chi connectivity index (χ1n) is 22.3. The van der Waals surface area contributed by atoms with Gasteiger partial charge >= 0.3 is 5.97 Å². The molecule has 3 nitrogen and oxygen atoms in total.